The molecule has 0 aromatic heterocycles. The van der Waals surface area contributed by atoms with E-state index in [1.807, 2.05) is 0 Å². The van der Waals surface area contributed by atoms with Crippen molar-refractivity contribution in [1.29, 1.82) is 0 Å². The number of nitrogens with one attached hydrogen (secondary N) is 2. The zero-order valence-electron chi connectivity index (χ0n) is 16.4. The molecule has 1 atom stereocenters. The van der Waals surface area contributed by atoms with E-state index < -0.39 is 10.0 Å². The normalized spacial score (nSPS) is 12.1. The van der Waals surface area contributed by atoms with Crippen LogP contribution in [0.4, 0.5) is 10.1 Å². The van der Waals surface area contributed by atoms with Crippen molar-refractivity contribution in [1.82, 2.24) is 5.32 Å². The van der Waals surface area contributed by atoms with Crippen LogP contribution in [-0.2, 0) is 10.0 Å². The number of hydrogen-bond acceptors (Lipinski definition) is 4. The van der Waals surface area contributed by atoms with E-state index in [9.17, 15) is 17.6 Å². The van der Waals surface area contributed by atoms with Crippen molar-refractivity contribution in [3.63, 3.8) is 0 Å². The van der Waals surface area contributed by atoms with E-state index in [0.29, 0.717) is 17.0 Å². The standard InChI is InChI=1S/C22H21FN2O4S/c1-15(16-3-7-18(23)8-4-16)24-22(26)17-5-9-19(10-6-17)25-30(27,28)21-13-11-20(29-2)12-14-21/h3-15,25H,1-2H3,(H,24,26)/t15-/m1/s1. The van der Waals surface area contributed by atoms with Gasteiger partial charge in [0.2, 0.25) is 0 Å². The molecule has 0 aliphatic carbocycles. The van der Waals surface area contributed by atoms with Gasteiger partial charge in [-0.1, -0.05) is 12.1 Å². The molecular formula is C22H21FN2O4S. The van der Waals surface area contributed by atoms with Crippen molar-refractivity contribution in [3.05, 3.63) is 89.7 Å². The van der Waals surface area contributed by atoms with Crippen LogP contribution in [0.15, 0.2) is 77.7 Å². The fraction of sp³-hybridized carbons (Fsp3) is 0.136. The Morgan fingerprint density at radius 3 is 2.10 bits per heavy atom. The predicted octanol–water partition coefficient (Wildman–Crippen LogP) is 4.13. The lowest BCUT2D eigenvalue weighted by atomic mass is 10.1. The van der Waals surface area contributed by atoms with Crippen LogP contribution in [0.2, 0.25) is 0 Å². The Labute approximate surface area is 174 Å². The van der Waals surface area contributed by atoms with Crippen LogP contribution < -0.4 is 14.8 Å². The number of halogens is 1. The van der Waals surface area contributed by atoms with E-state index >= 15 is 0 Å². The Bertz CT molecular complexity index is 1110. The number of methoxy groups -OCH3 is 1. The second kappa shape index (κ2) is 8.96. The lowest BCUT2D eigenvalue weighted by Crippen LogP contribution is -2.26. The summed E-state index contributed by atoms with van der Waals surface area (Å²) in [5.41, 5.74) is 1.47. The molecule has 30 heavy (non-hydrogen) atoms. The zero-order chi connectivity index (χ0) is 21.7. The number of amides is 1. The lowest BCUT2D eigenvalue weighted by Gasteiger charge is -2.15. The summed E-state index contributed by atoms with van der Waals surface area (Å²) in [6.07, 6.45) is 0. The highest BCUT2D eigenvalue weighted by Gasteiger charge is 2.15. The minimum atomic E-state index is -3.77. The van der Waals surface area contributed by atoms with Crippen LogP contribution in [0.25, 0.3) is 0 Å². The Kier molecular flexibility index (Phi) is 6.37. The molecule has 0 bridgehead atoms. The molecule has 0 fully saturated rings. The van der Waals surface area contributed by atoms with Gasteiger partial charge in [-0.3, -0.25) is 9.52 Å². The summed E-state index contributed by atoms with van der Waals surface area (Å²) in [6, 6.07) is 17.7. The van der Waals surface area contributed by atoms with Gasteiger partial charge in [-0.2, -0.15) is 0 Å². The van der Waals surface area contributed by atoms with E-state index in [0.717, 1.165) is 5.56 Å². The first kappa shape index (κ1) is 21.3. The molecule has 3 rings (SSSR count). The number of anilines is 1. The fourth-order valence-corrected chi connectivity index (χ4v) is 3.83. The molecule has 0 radical (unpaired) electrons. The summed E-state index contributed by atoms with van der Waals surface area (Å²) in [6.45, 7) is 1.79. The van der Waals surface area contributed by atoms with Crippen LogP contribution in [0.5, 0.6) is 5.75 Å². The average Bonchev–Trinajstić information content (AvgIpc) is 2.74. The molecule has 0 saturated heterocycles. The number of carbonyl (C=O) groups excluding carboxylic acids is 1. The van der Waals surface area contributed by atoms with Gasteiger partial charge in [0.15, 0.2) is 0 Å². The molecular weight excluding hydrogens is 407 g/mol. The van der Waals surface area contributed by atoms with E-state index in [1.165, 1.54) is 55.6 Å². The highest BCUT2D eigenvalue weighted by Crippen LogP contribution is 2.20. The summed E-state index contributed by atoms with van der Waals surface area (Å²) in [4.78, 5) is 12.5. The van der Waals surface area contributed by atoms with Gasteiger partial charge in [0.05, 0.1) is 18.0 Å². The second-order valence-electron chi connectivity index (χ2n) is 6.61. The molecule has 6 nitrogen and oxygen atoms in total. The first-order valence-electron chi connectivity index (χ1n) is 9.12. The van der Waals surface area contributed by atoms with Gasteiger partial charge in [-0.05, 0) is 73.2 Å². The molecule has 0 spiro atoms. The summed E-state index contributed by atoms with van der Waals surface area (Å²) < 4.78 is 45.5. The Hall–Kier alpha value is -3.39. The van der Waals surface area contributed by atoms with Gasteiger partial charge in [0.1, 0.15) is 11.6 Å². The second-order valence-corrected chi connectivity index (χ2v) is 8.29. The molecule has 0 saturated carbocycles. The van der Waals surface area contributed by atoms with Crippen molar-refractivity contribution in [2.24, 2.45) is 0 Å². The van der Waals surface area contributed by atoms with Crippen molar-refractivity contribution in [2.45, 2.75) is 17.9 Å². The topological polar surface area (TPSA) is 84.5 Å². The summed E-state index contributed by atoms with van der Waals surface area (Å²) in [5.74, 6) is -0.111. The van der Waals surface area contributed by atoms with Gasteiger partial charge in [-0.15, -0.1) is 0 Å². The highest BCUT2D eigenvalue weighted by atomic mass is 32.2. The smallest absolute Gasteiger partial charge is 0.261 e. The Morgan fingerprint density at radius 1 is 0.933 bits per heavy atom. The van der Waals surface area contributed by atoms with Gasteiger partial charge in [-0.25, -0.2) is 12.8 Å². The monoisotopic (exact) mass is 428 g/mol. The van der Waals surface area contributed by atoms with Gasteiger partial charge in [0.25, 0.3) is 15.9 Å². The van der Waals surface area contributed by atoms with E-state index in [-0.39, 0.29) is 22.7 Å². The van der Waals surface area contributed by atoms with Gasteiger partial charge >= 0.3 is 0 Å². The molecule has 0 aliphatic rings. The fourth-order valence-electron chi connectivity index (χ4n) is 2.77. The van der Waals surface area contributed by atoms with Gasteiger partial charge in [0, 0.05) is 11.3 Å². The largest absolute Gasteiger partial charge is 0.497 e. The molecule has 2 N–H and O–H groups in total. The maximum absolute atomic E-state index is 13.0. The average molecular weight is 428 g/mol. The Balaban J connectivity index is 1.66. The van der Waals surface area contributed by atoms with Crippen LogP contribution in [0.3, 0.4) is 0 Å². The third kappa shape index (κ3) is 5.15. The summed E-state index contributed by atoms with van der Waals surface area (Å²) in [5, 5.41) is 2.82. The molecule has 0 aliphatic heterocycles. The SMILES string of the molecule is COc1ccc(S(=O)(=O)Nc2ccc(C(=O)N[C@H](C)c3ccc(F)cc3)cc2)cc1. The highest BCUT2D eigenvalue weighted by molar-refractivity contribution is 7.92. The van der Waals surface area contributed by atoms with Crippen LogP contribution >= 0.6 is 0 Å². The number of ether oxygens (including phenoxy) is 1. The van der Waals surface area contributed by atoms with Gasteiger partial charge < -0.3 is 10.1 Å². The molecule has 1 amide bonds. The van der Waals surface area contributed by atoms with Crippen molar-refractivity contribution in [2.75, 3.05) is 11.8 Å². The predicted molar refractivity (Wildman–Crippen MR) is 113 cm³/mol. The molecule has 0 unspecified atom stereocenters. The molecule has 3 aromatic carbocycles. The molecule has 156 valence electrons. The van der Waals surface area contributed by atoms with E-state index in [4.69, 9.17) is 4.74 Å². The number of rotatable bonds is 7. The maximum atomic E-state index is 13.0. The van der Waals surface area contributed by atoms with E-state index in [1.54, 1.807) is 31.2 Å². The molecule has 8 heteroatoms. The minimum absolute atomic E-state index is 0.0956. The summed E-state index contributed by atoms with van der Waals surface area (Å²) >= 11 is 0. The summed E-state index contributed by atoms with van der Waals surface area (Å²) in [7, 11) is -2.27. The third-order valence-corrected chi connectivity index (χ3v) is 5.88. The number of benzene rings is 3. The van der Waals surface area contributed by atoms with Crippen molar-refractivity contribution in [3.8, 4) is 5.75 Å². The first-order valence-corrected chi connectivity index (χ1v) is 10.6. The van der Waals surface area contributed by atoms with Crippen LogP contribution in [0.1, 0.15) is 28.9 Å². The van der Waals surface area contributed by atoms with E-state index in [2.05, 4.69) is 10.0 Å². The maximum Gasteiger partial charge on any atom is 0.261 e. The Morgan fingerprint density at radius 2 is 1.53 bits per heavy atom. The van der Waals surface area contributed by atoms with Crippen molar-refractivity contribution < 1.29 is 22.3 Å². The number of hydrogen-bond donors (Lipinski definition) is 2. The number of carbonyl (C=O) groups is 1. The van der Waals surface area contributed by atoms with Crippen LogP contribution in [0, 0.1) is 5.82 Å². The number of sulfonamides is 1. The van der Waals surface area contributed by atoms with Crippen LogP contribution in [-0.4, -0.2) is 21.4 Å². The molecule has 0 heterocycles. The molecule has 3 aromatic rings. The third-order valence-electron chi connectivity index (χ3n) is 4.49. The first-order chi connectivity index (χ1) is 14.3. The quantitative estimate of drug-likeness (QED) is 0.593. The van der Waals surface area contributed by atoms with Crippen molar-refractivity contribution >= 4 is 21.6 Å². The minimum Gasteiger partial charge on any atom is -0.497 e. The lowest BCUT2D eigenvalue weighted by molar-refractivity contribution is 0.0940. The zero-order valence-corrected chi connectivity index (χ0v) is 17.2.